The van der Waals surface area contributed by atoms with Crippen LogP contribution in [0.2, 0.25) is 0 Å². The lowest BCUT2D eigenvalue weighted by atomic mass is 10.1. The Morgan fingerprint density at radius 2 is 2.05 bits per heavy atom. The number of carbonyl (C=O) groups excluding carboxylic acids is 1. The first kappa shape index (κ1) is 15.0. The van der Waals surface area contributed by atoms with Gasteiger partial charge in [0, 0.05) is 18.8 Å². The monoisotopic (exact) mass is 296 g/mol. The number of nitrogens with zero attached hydrogens (tertiary/aromatic N) is 1. The number of hydrogen-bond donors (Lipinski definition) is 1. The average Bonchev–Trinajstić information content (AvgIpc) is 2.45. The maximum Gasteiger partial charge on any atom is 0.343 e. The zero-order chi connectivity index (χ0) is 15.7. The van der Waals surface area contributed by atoms with Gasteiger partial charge in [0.2, 0.25) is 5.43 Å². The van der Waals surface area contributed by atoms with Crippen molar-refractivity contribution in [1.29, 1.82) is 0 Å². The summed E-state index contributed by atoms with van der Waals surface area (Å²) in [5, 5.41) is -0.221. The van der Waals surface area contributed by atoms with Gasteiger partial charge in [-0.05, 0) is 13.8 Å². The lowest BCUT2D eigenvalue weighted by Gasteiger charge is -2.13. The SMILES string of the molecule is CCOC(=O)c1cn(CC)c2cc(F)c(F)c(N)c2c1=O. The molecule has 0 atom stereocenters. The maximum atomic E-state index is 13.6. The number of benzene rings is 1. The highest BCUT2D eigenvalue weighted by atomic mass is 19.2. The molecule has 0 amide bonds. The predicted octanol–water partition coefficient (Wildman–Crippen LogP) is 2.06. The number of rotatable bonds is 3. The molecule has 0 fully saturated rings. The van der Waals surface area contributed by atoms with E-state index in [1.807, 2.05) is 0 Å². The van der Waals surface area contributed by atoms with E-state index >= 15 is 0 Å². The van der Waals surface area contributed by atoms with E-state index in [1.54, 1.807) is 13.8 Å². The highest BCUT2D eigenvalue weighted by Crippen LogP contribution is 2.24. The van der Waals surface area contributed by atoms with Gasteiger partial charge < -0.3 is 15.0 Å². The standard InChI is InChI=1S/C14H14F2N2O3/c1-3-18-6-7(14(20)21-4-2)13(19)10-9(18)5-8(15)11(16)12(10)17/h5-6H,3-4,17H2,1-2H3. The quantitative estimate of drug-likeness (QED) is 0.695. The van der Waals surface area contributed by atoms with Crippen LogP contribution < -0.4 is 11.2 Å². The van der Waals surface area contributed by atoms with Crippen molar-refractivity contribution >= 4 is 22.6 Å². The van der Waals surface area contributed by atoms with Crippen molar-refractivity contribution in [3.05, 3.63) is 39.7 Å². The summed E-state index contributed by atoms with van der Waals surface area (Å²) in [7, 11) is 0. The summed E-state index contributed by atoms with van der Waals surface area (Å²) < 4.78 is 33.3. The number of ether oxygens (including phenoxy) is 1. The van der Waals surface area contributed by atoms with Gasteiger partial charge in [0.25, 0.3) is 0 Å². The number of carbonyl (C=O) groups is 1. The Balaban J connectivity index is 2.92. The van der Waals surface area contributed by atoms with E-state index in [0.717, 1.165) is 6.07 Å². The van der Waals surface area contributed by atoms with Crippen molar-refractivity contribution < 1.29 is 18.3 Å². The summed E-state index contributed by atoms with van der Waals surface area (Å²) in [4.78, 5) is 24.1. The molecule has 1 aromatic carbocycles. The van der Waals surface area contributed by atoms with Crippen LogP contribution in [-0.4, -0.2) is 17.1 Å². The van der Waals surface area contributed by atoms with Gasteiger partial charge in [0.15, 0.2) is 11.6 Å². The van der Waals surface area contributed by atoms with Crippen molar-refractivity contribution in [3.8, 4) is 0 Å². The van der Waals surface area contributed by atoms with E-state index in [0.29, 0.717) is 6.54 Å². The number of anilines is 1. The van der Waals surface area contributed by atoms with Crippen LogP contribution in [0.15, 0.2) is 17.1 Å². The molecular formula is C14H14F2N2O3. The molecule has 1 heterocycles. The molecule has 7 heteroatoms. The molecule has 2 N–H and O–H groups in total. The van der Waals surface area contributed by atoms with Crippen LogP contribution in [0, 0.1) is 11.6 Å². The van der Waals surface area contributed by atoms with Crippen molar-refractivity contribution in [1.82, 2.24) is 4.57 Å². The van der Waals surface area contributed by atoms with Crippen molar-refractivity contribution in [3.63, 3.8) is 0 Å². The molecule has 0 saturated heterocycles. The molecule has 0 spiro atoms. The van der Waals surface area contributed by atoms with Crippen LogP contribution in [0.5, 0.6) is 0 Å². The summed E-state index contributed by atoms with van der Waals surface area (Å²) in [5.41, 5.74) is 4.00. The van der Waals surface area contributed by atoms with Crippen LogP contribution in [0.3, 0.4) is 0 Å². The fourth-order valence-electron chi connectivity index (χ4n) is 2.13. The first-order valence-corrected chi connectivity index (χ1v) is 6.40. The molecule has 2 rings (SSSR count). The first-order chi connectivity index (χ1) is 9.92. The Morgan fingerprint density at radius 1 is 1.38 bits per heavy atom. The van der Waals surface area contributed by atoms with Crippen LogP contribution >= 0.6 is 0 Å². The molecule has 0 aliphatic carbocycles. The third-order valence-electron chi connectivity index (χ3n) is 3.14. The van der Waals surface area contributed by atoms with Gasteiger partial charge in [0.1, 0.15) is 5.56 Å². The molecular weight excluding hydrogens is 282 g/mol. The summed E-state index contributed by atoms with van der Waals surface area (Å²) >= 11 is 0. The Kier molecular flexibility index (Phi) is 3.93. The molecule has 112 valence electrons. The Labute approximate surface area is 118 Å². The number of halogens is 2. The Bertz CT molecular complexity index is 784. The van der Waals surface area contributed by atoms with Gasteiger partial charge in [-0.2, -0.15) is 0 Å². The van der Waals surface area contributed by atoms with Gasteiger partial charge in [-0.1, -0.05) is 0 Å². The van der Waals surface area contributed by atoms with Crippen LogP contribution in [0.25, 0.3) is 10.9 Å². The van der Waals surface area contributed by atoms with E-state index in [9.17, 15) is 18.4 Å². The van der Waals surface area contributed by atoms with Crippen LogP contribution in [0.1, 0.15) is 24.2 Å². The fraction of sp³-hybridized carbons (Fsp3) is 0.286. The number of nitrogen functional groups attached to an aromatic ring is 1. The number of fused-ring (bicyclic) bond motifs is 1. The first-order valence-electron chi connectivity index (χ1n) is 6.40. The number of nitrogens with two attached hydrogens (primary N) is 1. The molecule has 0 aliphatic heterocycles. The zero-order valence-electron chi connectivity index (χ0n) is 11.6. The molecule has 21 heavy (non-hydrogen) atoms. The molecule has 2 aromatic rings. The molecule has 5 nitrogen and oxygen atoms in total. The van der Waals surface area contributed by atoms with Gasteiger partial charge in [-0.25, -0.2) is 13.6 Å². The number of aryl methyl sites for hydroxylation is 1. The lowest BCUT2D eigenvalue weighted by molar-refractivity contribution is 0.0524. The molecule has 0 saturated carbocycles. The van der Waals surface area contributed by atoms with E-state index < -0.39 is 28.7 Å². The molecule has 0 aliphatic rings. The van der Waals surface area contributed by atoms with Gasteiger partial charge in [-0.15, -0.1) is 0 Å². The number of pyridine rings is 1. The van der Waals surface area contributed by atoms with E-state index in [4.69, 9.17) is 10.5 Å². The van der Waals surface area contributed by atoms with Crippen LogP contribution in [-0.2, 0) is 11.3 Å². The molecule has 0 radical (unpaired) electrons. The minimum absolute atomic E-state index is 0.0930. The second-order valence-electron chi connectivity index (χ2n) is 4.36. The maximum absolute atomic E-state index is 13.6. The summed E-state index contributed by atoms with van der Waals surface area (Å²) in [5.74, 6) is -3.27. The number of esters is 1. The summed E-state index contributed by atoms with van der Waals surface area (Å²) in [6, 6.07) is 0.890. The molecule has 0 unspecified atom stereocenters. The largest absolute Gasteiger partial charge is 0.462 e. The highest BCUT2D eigenvalue weighted by molar-refractivity contribution is 5.98. The van der Waals surface area contributed by atoms with E-state index in [1.165, 1.54) is 10.8 Å². The predicted molar refractivity (Wildman–Crippen MR) is 74.2 cm³/mol. The number of hydrogen-bond acceptors (Lipinski definition) is 4. The third kappa shape index (κ3) is 2.35. The van der Waals surface area contributed by atoms with Gasteiger partial charge in [0.05, 0.1) is 23.2 Å². The zero-order valence-corrected chi connectivity index (χ0v) is 11.6. The lowest BCUT2D eigenvalue weighted by Crippen LogP contribution is -2.22. The second-order valence-corrected chi connectivity index (χ2v) is 4.36. The smallest absolute Gasteiger partial charge is 0.343 e. The third-order valence-corrected chi connectivity index (χ3v) is 3.14. The van der Waals surface area contributed by atoms with Gasteiger partial charge >= 0.3 is 5.97 Å². The Morgan fingerprint density at radius 3 is 2.62 bits per heavy atom. The van der Waals surface area contributed by atoms with Crippen molar-refractivity contribution in [2.24, 2.45) is 0 Å². The average molecular weight is 296 g/mol. The van der Waals surface area contributed by atoms with Crippen molar-refractivity contribution in [2.75, 3.05) is 12.3 Å². The van der Waals surface area contributed by atoms with Crippen molar-refractivity contribution in [2.45, 2.75) is 20.4 Å². The summed E-state index contributed by atoms with van der Waals surface area (Å²) in [6.45, 7) is 3.76. The molecule has 1 aromatic heterocycles. The number of aromatic nitrogens is 1. The summed E-state index contributed by atoms with van der Waals surface area (Å²) in [6.07, 6.45) is 1.26. The van der Waals surface area contributed by atoms with E-state index in [2.05, 4.69) is 0 Å². The Hall–Kier alpha value is -2.44. The minimum atomic E-state index is -1.30. The topological polar surface area (TPSA) is 74.3 Å². The van der Waals surface area contributed by atoms with Crippen LogP contribution in [0.4, 0.5) is 14.5 Å². The molecule has 0 bridgehead atoms. The second kappa shape index (κ2) is 5.51. The minimum Gasteiger partial charge on any atom is -0.462 e. The normalized spacial score (nSPS) is 10.9. The van der Waals surface area contributed by atoms with Gasteiger partial charge in [-0.3, -0.25) is 4.79 Å². The highest BCUT2D eigenvalue weighted by Gasteiger charge is 2.21. The fourth-order valence-corrected chi connectivity index (χ4v) is 2.13. The van der Waals surface area contributed by atoms with E-state index in [-0.39, 0.29) is 23.1 Å².